The lowest BCUT2D eigenvalue weighted by Gasteiger charge is -2.37. The molecule has 2 saturated carbocycles. The van der Waals surface area contributed by atoms with Crippen LogP contribution in [0.4, 0.5) is 8.78 Å². The number of carbonyl (C=O) groups excluding carboxylic acids is 1. The van der Waals surface area contributed by atoms with Gasteiger partial charge in [-0.1, -0.05) is 39.0 Å². The Morgan fingerprint density at radius 1 is 0.892 bits per heavy atom. The Morgan fingerprint density at radius 3 is 2.00 bits per heavy atom. The highest BCUT2D eigenvalue weighted by Crippen LogP contribution is 2.42. The molecule has 198 valence electrons. The van der Waals surface area contributed by atoms with Crippen molar-refractivity contribution in [1.29, 1.82) is 5.26 Å². The Morgan fingerprint density at radius 2 is 1.46 bits per heavy atom. The van der Waals surface area contributed by atoms with Crippen LogP contribution < -0.4 is 9.47 Å². The molecule has 0 spiro atoms. The van der Waals surface area contributed by atoms with Crippen molar-refractivity contribution in [2.45, 2.75) is 77.6 Å². The highest BCUT2D eigenvalue weighted by Gasteiger charge is 2.31. The van der Waals surface area contributed by atoms with Gasteiger partial charge in [-0.2, -0.15) is 5.26 Å². The van der Waals surface area contributed by atoms with Crippen molar-refractivity contribution in [1.82, 2.24) is 0 Å². The van der Waals surface area contributed by atoms with Gasteiger partial charge < -0.3 is 9.47 Å². The van der Waals surface area contributed by atoms with Crippen LogP contribution in [0, 0.1) is 46.6 Å². The minimum Gasteiger partial charge on any atom is -0.493 e. The maximum Gasteiger partial charge on any atom is 0.343 e. The Balaban J connectivity index is 1.19. The largest absolute Gasteiger partial charge is 0.493 e. The first-order valence-corrected chi connectivity index (χ1v) is 13.8. The second kappa shape index (κ2) is 13.0. The molecule has 0 atom stereocenters. The van der Waals surface area contributed by atoms with Crippen molar-refractivity contribution >= 4 is 5.97 Å². The highest BCUT2D eigenvalue weighted by atomic mass is 19.1. The van der Waals surface area contributed by atoms with Crippen molar-refractivity contribution in [3.63, 3.8) is 0 Å². The van der Waals surface area contributed by atoms with E-state index in [-0.39, 0.29) is 11.3 Å². The molecule has 0 amide bonds. The minimum atomic E-state index is -1.07. The zero-order valence-corrected chi connectivity index (χ0v) is 21.7. The minimum absolute atomic E-state index is 0.238. The molecule has 0 aliphatic heterocycles. The monoisotopic (exact) mass is 509 g/mol. The predicted octanol–water partition coefficient (Wildman–Crippen LogP) is 8.24. The van der Waals surface area contributed by atoms with Crippen LogP contribution in [0.5, 0.6) is 11.5 Å². The van der Waals surface area contributed by atoms with E-state index >= 15 is 0 Å². The fourth-order valence-corrected chi connectivity index (χ4v) is 6.05. The van der Waals surface area contributed by atoms with Gasteiger partial charge >= 0.3 is 5.97 Å². The van der Waals surface area contributed by atoms with Crippen LogP contribution in [0.3, 0.4) is 0 Å². The van der Waals surface area contributed by atoms with Gasteiger partial charge in [-0.3, -0.25) is 0 Å². The number of carbonyl (C=O) groups is 1. The van der Waals surface area contributed by atoms with Crippen molar-refractivity contribution in [2.24, 2.45) is 23.7 Å². The fraction of sp³-hybridized carbons (Fsp3) is 0.548. The smallest absolute Gasteiger partial charge is 0.343 e. The molecule has 2 aliphatic rings. The van der Waals surface area contributed by atoms with Gasteiger partial charge in [-0.05, 0) is 86.5 Å². The van der Waals surface area contributed by atoms with Gasteiger partial charge in [0.1, 0.15) is 34.8 Å². The van der Waals surface area contributed by atoms with Crippen LogP contribution in [0.1, 0.15) is 93.5 Å². The summed E-state index contributed by atoms with van der Waals surface area (Å²) in [5, 5.41) is 8.75. The van der Waals surface area contributed by atoms with Crippen molar-refractivity contribution in [3.8, 4) is 17.6 Å². The first kappa shape index (κ1) is 27.1. The molecule has 0 heterocycles. The number of nitrogens with zero attached hydrogens (tertiary/aromatic N) is 1. The number of nitriles is 1. The summed E-state index contributed by atoms with van der Waals surface area (Å²) in [6.07, 6.45) is 14.9. The van der Waals surface area contributed by atoms with E-state index in [9.17, 15) is 13.6 Å². The third kappa shape index (κ3) is 7.31. The molecule has 0 bridgehead atoms. The van der Waals surface area contributed by atoms with Crippen molar-refractivity contribution < 1.29 is 23.0 Å². The first-order valence-electron chi connectivity index (χ1n) is 13.8. The third-order valence-electron chi connectivity index (χ3n) is 8.33. The molecule has 2 fully saturated rings. The van der Waals surface area contributed by atoms with E-state index in [1.165, 1.54) is 76.7 Å². The molecule has 0 saturated heterocycles. The summed E-state index contributed by atoms with van der Waals surface area (Å²) in [7, 11) is 0. The normalized spacial score (nSPS) is 23.7. The van der Waals surface area contributed by atoms with Crippen LogP contribution in [0.2, 0.25) is 0 Å². The van der Waals surface area contributed by atoms with E-state index in [2.05, 4.69) is 6.92 Å². The quantitative estimate of drug-likeness (QED) is 0.252. The number of hydrogen-bond acceptors (Lipinski definition) is 4. The fourth-order valence-electron chi connectivity index (χ4n) is 6.05. The second-order valence-corrected chi connectivity index (χ2v) is 10.8. The lowest BCUT2D eigenvalue weighted by atomic mass is 9.69. The summed E-state index contributed by atoms with van der Waals surface area (Å²) in [4.78, 5) is 12.4. The van der Waals surface area contributed by atoms with Crippen molar-refractivity contribution in [2.75, 3.05) is 6.61 Å². The van der Waals surface area contributed by atoms with E-state index in [4.69, 9.17) is 14.7 Å². The number of unbranched alkanes of at least 4 members (excludes halogenated alkanes) is 1. The SMILES string of the molecule is CCCC[C@H]1CC[C@H]([C@H]2CC[C@H](COc3ccc(C(=O)Oc4cc(F)c(C#N)c(F)c4)cc3)CC2)CC1. The van der Waals surface area contributed by atoms with E-state index in [0.29, 0.717) is 18.3 Å². The number of hydrogen-bond donors (Lipinski definition) is 0. The summed E-state index contributed by atoms with van der Waals surface area (Å²) in [5.74, 6) is 0.831. The van der Waals surface area contributed by atoms with E-state index in [0.717, 1.165) is 29.9 Å². The lowest BCUT2D eigenvalue weighted by Crippen LogP contribution is -2.27. The molecule has 0 aromatic heterocycles. The number of esters is 1. The molecule has 2 aromatic carbocycles. The molecule has 0 N–H and O–H groups in total. The van der Waals surface area contributed by atoms with Crippen molar-refractivity contribution in [3.05, 3.63) is 59.2 Å². The first-order chi connectivity index (χ1) is 18.0. The Hall–Kier alpha value is -2.94. The Kier molecular flexibility index (Phi) is 9.55. The van der Waals surface area contributed by atoms with Crippen LogP contribution in [0.25, 0.3) is 0 Å². The van der Waals surface area contributed by atoms with Gasteiger partial charge in [0.15, 0.2) is 0 Å². The number of halogens is 2. The zero-order chi connectivity index (χ0) is 26.2. The topological polar surface area (TPSA) is 59.3 Å². The third-order valence-corrected chi connectivity index (χ3v) is 8.33. The summed E-state index contributed by atoms with van der Waals surface area (Å²) >= 11 is 0. The number of benzene rings is 2. The van der Waals surface area contributed by atoms with Crippen LogP contribution >= 0.6 is 0 Å². The summed E-state index contributed by atoms with van der Waals surface area (Å²) in [6.45, 7) is 2.96. The van der Waals surface area contributed by atoms with Crippen LogP contribution in [-0.4, -0.2) is 12.6 Å². The number of ether oxygens (including phenoxy) is 2. The van der Waals surface area contributed by atoms with E-state index < -0.39 is 23.2 Å². The molecule has 2 aromatic rings. The van der Waals surface area contributed by atoms with E-state index in [1.54, 1.807) is 24.3 Å². The maximum atomic E-state index is 13.8. The number of rotatable bonds is 9. The maximum absolute atomic E-state index is 13.8. The van der Waals surface area contributed by atoms with Gasteiger partial charge in [-0.15, -0.1) is 0 Å². The summed E-state index contributed by atoms with van der Waals surface area (Å²) in [6, 6.07) is 9.64. The van der Waals surface area contributed by atoms with Crippen LogP contribution in [0.15, 0.2) is 36.4 Å². The summed E-state index contributed by atoms with van der Waals surface area (Å²) < 4.78 is 38.6. The molecular weight excluding hydrogens is 472 g/mol. The Labute approximate surface area is 219 Å². The van der Waals surface area contributed by atoms with Gasteiger partial charge in [-0.25, -0.2) is 13.6 Å². The molecular formula is C31H37F2NO3. The average Bonchev–Trinajstić information content (AvgIpc) is 2.91. The van der Waals surface area contributed by atoms with Crippen LogP contribution in [-0.2, 0) is 0 Å². The highest BCUT2D eigenvalue weighted by molar-refractivity contribution is 5.91. The standard InChI is InChI=1S/C31H37F2NO3/c1-2-3-4-21-5-9-23(10-6-21)24-11-7-22(8-12-24)20-36-26-15-13-25(14-16-26)31(35)37-27-17-29(32)28(19-34)30(33)18-27/h13-18,21-24H,2-12,20H2,1H3/t21-,22-,23-,24-. The molecule has 0 unspecified atom stereocenters. The van der Waals surface area contributed by atoms with E-state index in [1.807, 2.05) is 0 Å². The van der Waals surface area contributed by atoms with Gasteiger partial charge in [0.05, 0.1) is 12.2 Å². The average molecular weight is 510 g/mol. The van der Waals surface area contributed by atoms with Gasteiger partial charge in [0.2, 0.25) is 0 Å². The molecule has 6 heteroatoms. The molecule has 0 radical (unpaired) electrons. The zero-order valence-electron chi connectivity index (χ0n) is 21.7. The van der Waals surface area contributed by atoms with Gasteiger partial charge in [0.25, 0.3) is 0 Å². The second-order valence-electron chi connectivity index (χ2n) is 10.8. The Bertz CT molecular complexity index is 1060. The molecule has 37 heavy (non-hydrogen) atoms. The predicted molar refractivity (Wildman–Crippen MR) is 138 cm³/mol. The molecule has 2 aliphatic carbocycles. The molecule has 4 nitrogen and oxygen atoms in total. The lowest BCUT2D eigenvalue weighted by molar-refractivity contribution is 0.0734. The molecule has 4 rings (SSSR count). The van der Waals surface area contributed by atoms with Gasteiger partial charge in [0, 0.05) is 12.1 Å². The summed E-state index contributed by atoms with van der Waals surface area (Å²) in [5.41, 5.74) is -0.470.